The van der Waals surface area contributed by atoms with Crippen molar-refractivity contribution in [2.75, 3.05) is 31.3 Å². The van der Waals surface area contributed by atoms with Crippen LogP contribution in [-0.4, -0.2) is 41.4 Å². The molecule has 184 valence electrons. The highest BCUT2D eigenvalue weighted by Gasteiger charge is 2.19. The third-order valence-corrected chi connectivity index (χ3v) is 5.74. The second-order valence-electron chi connectivity index (χ2n) is 8.48. The number of aromatic nitrogens is 2. The zero-order chi connectivity index (χ0) is 25.8. The Kier molecular flexibility index (Phi) is 7.57. The summed E-state index contributed by atoms with van der Waals surface area (Å²) in [5.41, 5.74) is 3.53. The highest BCUT2D eigenvalue weighted by molar-refractivity contribution is 6.31. The van der Waals surface area contributed by atoms with Crippen molar-refractivity contribution < 1.29 is 13.6 Å². The van der Waals surface area contributed by atoms with Gasteiger partial charge in [-0.25, -0.2) is 18.7 Å². The van der Waals surface area contributed by atoms with E-state index in [9.17, 15) is 13.6 Å². The summed E-state index contributed by atoms with van der Waals surface area (Å²) in [6.45, 7) is 2.58. The van der Waals surface area contributed by atoms with Gasteiger partial charge in [0.1, 0.15) is 23.0 Å². The van der Waals surface area contributed by atoms with Crippen LogP contribution in [0.15, 0.2) is 67.0 Å². The van der Waals surface area contributed by atoms with E-state index < -0.39 is 16.7 Å². The van der Waals surface area contributed by atoms with Crippen molar-refractivity contribution in [3.05, 3.63) is 89.2 Å². The Morgan fingerprint density at radius 2 is 1.86 bits per heavy atom. The summed E-state index contributed by atoms with van der Waals surface area (Å²) in [5.74, 6) is -1.82. The molecule has 0 spiro atoms. The monoisotopic (exact) mass is 507 g/mol. The van der Waals surface area contributed by atoms with Crippen LogP contribution in [0.25, 0.3) is 22.0 Å². The van der Waals surface area contributed by atoms with Gasteiger partial charge in [-0.05, 0) is 50.8 Å². The average molecular weight is 508 g/mol. The number of likely N-dealkylation sites (N-methyl/N-ethyl adjacent to an activating group) is 1. The van der Waals surface area contributed by atoms with E-state index >= 15 is 0 Å². The highest BCUT2D eigenvalue weighted by atomic mass is 35.5. The number of hydrogen-bond donors (Lipinski definition) is 2. The first-order valence-electron chi connectivity index (χ1n) is 11.1. The quantitative estimate of drug-likeness (QED) is 0.226. The first-order chi connectivity index (χ1) is 17.2. The third-order valence-electron chi connectivity index (χ3n) is 5.40. The molecule has 6 nitrogen and oxygen atoms in total. The summed E-state index contributed by atoms with van der Waals surface area (Å²) in [6, 6.07) is 13.6. The fraction of sp³-hybridized carbons (Fsp3) is 0.148. The van der Waals surface area contributed by atoms with E-state index in [1.165, 1.54) is 18.5 Å². The maximum atomic E-state index is 14.7. The number of nitrogens with zero attached hydrogens (tertiary/aromatic N) is 3. The molecule has 0 fully saturated rings. The number of carbonyl (C=O) groups is 1. The molecule has 36 heavy (non-hydrogen) atoms. The molecule has 0 atom stereocenters. The minimum Gasteiger partial charge on any atom is -0.337 e. The molecular formula is C27H24ClF2N5O. The fourth-order valence-corrected chi connectivity index (χ4v) is 3.91. The molecule has 0 aliphatic heterocycles. The maximum Gasteiger partial charge on any atom is 0.248 e. The van der Waals surface area contributed by atoms with Gasteiger partial charge in [0.05, 0.1) is 16.6 Å². The van der Waals surface area contributed by atoms with E-state index in [0.29, 0.717) is 28.7 Å². The van der Waals surface area contributed by atoms with Crippen LogP contribution in [0.2, 0.25) is 5.02 Å². The Balaban J connectivity index is 1.88. The molecule has 0 aliphatic rings. The molecule has 1 heterocycles. The number of fused-ring (bicyclic) bond motifs is 1. The van der Waals surface area contributed by atoms with E-state index in [4.69, 9.17) is 11.6 Å². The Hall–Kier alpha value is -3.88. The lowest BCUT2D eigenvalue weighted by Gasteiger charge is -2.17. The standard InChI is InChI=1S/C27H24ClF2N5O/c1-16-6-4-7-17(14-16)23-20(33-22(36)8-5-13-35(2)3)12-11-19-24(23)27(32-15-31-19)34-21-10-9-18(29)25(28)26(21)30/h4-12,14-15H,13H2,1-3H3,(H,33,36)(H,31,32,34)/b8-5+. The first kappa shape index (κ1) is 25.2. The molecule has 9 heteroatoms. The SMILES string of the molecule is Cc1cccc(-c2c(NC(=O)/C=C/CN(C)C)ccc3ncnc(Nc4ccc(F)c(Cl)c4F)c23)c1. The normalized spacial score (nSPS) is 11.4. The number of benzene rings is 3. The molecule has 0 saturated heterocycles. The molecule has 3 aromatic carbocycles. The molecule has 0 unspecified atom stereocenters. The number of nitrogens with one attached hydrogen (secondary N) is 2. The van der Waals surface area contributed by atoms with Crippen molar-refractivity contribution in [3.63, 3.8) is 0 Å². The number of aryl methyl sites for hydroxylation is 1. The maximum absolute atomic E-state index is 14.7. The zero-order valence-electron chi connectivity index (χ0n) is 19.9. The van der Waals surface area contributed by atoms with Crippen molar-refractivity contribution in [2.24, 2.45) is 0 Å². The minimum absolute atomic E-state index is 0.0438. The average Bonchev–Trinajstić information content (AvgIpc) is 2.84. The van der Waals surface area contributed by atoms with E-state index in [1.807, 2.05) is 50.2 Å². The number of anilines is 3. The molecule has 4 aromatic rings. The molecule has 1 amide bonds. The van der Waals surface area contributed by atoms with Crippen LogP contribution >= 0.6 is 11.6 Å². The lowest BCUT2D eigenvalue weighted by Crippen LogP contribution is -2.13. The van der Waals surface area contributed by atoms with Gasteiger partial charge in [0.25, 0.3) is 0 Å². The smallest absolute Gasteiger partial charge is 0.248 e. The fourth-order valence-electron chi connectivity index (χ4n) is 3.75. The van der Waals surface area contributed by atoms with Gasteiger partial charge in [-0.1, -0.05) is 47.5 Å². The van der Waals surface area contributed by atoms with E-state index in [2.05, 4.69) is 20.6 Å². The first-order valence-corrected chi connectivity index (χ1v) is 11.5. The van der Waals surface area contributed by atoms with Gasteiger partial charge in [0, 0.05) is 23.9 Å². The van der Waals surface area contributed by atoms with Crippen LogP contribution in [0.1, 0.15) is 5.56 Å². The predicted octanol–water partition coefficient (Wildman–Crippen LogP) is 6.34. The molecule has 0 bridgehead atoms. The van der Waals surface area contributed by atoms with Gasteiger partial charge in [-0.15, -0.1) is 0 Å². The molecular weight excluding hydrogens is 484 g/mol. The summed E-state index contributed by atoms with van der Waals surface area (Å²) >= 11 is 5.78. The lowest BCUT2D eigenvalue weighted by atomic mass is 9.97. The van der Waals surface area contributed by atoms with Crippen LogP contribution in [0.5, 0.6) is 0 Å². The van der Waals surface area contributed by atoms with Crippen molar-refractivity contribution in [3.8, 4) is 11.1 Å². The van der Waals surface area contributed by atoms with Crippen LogP contribution in [0.4, 0.5) is 26.0 Å². The molecule has 1 aromatic heterocycles. The van der Waals surface area contributed by atoms with Gasteiger partial charge >= 0.3 is 0 Å². The van der Waals surface area contributed by atoms with Crippen LogP contribution in [0.3, 0.4) is 0 Å². The van der Waals surface area contributed by atoms with E-state index in [1.54, 1.807) is 18.2 Å². The Labute approximate surface area is 212 Å². The summed E-state index contributed by atoms with van der Waals surface area (Å²) in [7, 11) is 3.82. The summed E-state index contributed by atoms with van der Waals surface area (Å²) in [5, 5.41) is 5.80. The molecule has 0 saturated carbocycles. The van der Waals surface area contributed by atoms with Gasteiger partial charge in [-0.3, -0.25) is 4.79 Å². The summed E-state index contributed by atoms with van der Waals surface area (Å²) in [6.07, 6.45) is 4.58. The van der Waals surface area contributed by atoms with Crippen LogP contribution < -0.4 is 10.6 Å². The minimum atomic E-state index is -0.934. The van der Waals surface area contributed by atoms with Crippen LogP contribution in [0, 0.1) is 18.6 Å². The number of rotatable bonds is 7. The van der Waals surface area contributed by atoms with Crippen molar-refractivity contribution in [2.45, 2.75) is 6.92 Å². The number of halogens is 3. The number of carbonyl (C=O) groups excluding carboxylic acids is 1. The predicted molar refractivity (Wildman–Crippen MR) is 141 cm³/mol. The molecule has 2 N–H and O–H groups in total. The second kappa shape index (κ2) is 10.8. The highest BCUT2D eigenvalue weighted by Crippen LogP contribution is 2.39. The van der Waals surface area contributed by atoms with Crippen LogP contribution in [-0.2, 0) is 4.79 Å². The van der Waals surface area contributed by atoms with Gasteiger partial charge in [-0.2, -0.15) is 0 Å². The van der Waals surface area contributed by atoms with E-state index in [-0.39, 0.29) is 17.4 Å². The Bertz CT molecular complexity index is 1470. The largest absolute Gasteiger partial charge is 0.337 e. The zero-order valence-corrected chi connectivity index (χ0v) is 20.7. The van der Waals surface area contributed by atoms with Crippen molar-refractivity contribution in [1.82, 2.24) is 14.9 Å². The van der Waals surface area contributed by atoms with Gasteiger partial charge < -0.3 is 15.5 Å². The summed E-state index contributed by atoms with van der Waals surface area (Å²) in [4.78, 5) is 23.4. The number of amides is 1. The molecule has 0 aliphatic carbocycles. The van der Waals surface area contributed by atoms with Gasteiger partial charge in [0.2, 0.25) is 5.91 Å². The molecule has 0 radical (unpaired) electrons. The third kappa shape index (κ3) is 5.50. The summed E-state index contributed by atoms with van der Waals surface area (Å²) < 4.78 is 28.4. The Morgan fingerprint density at radius 1 is 1.08 bits per heavy atom. The van der Waals surface area contributed by atoms with E-state index in [0.717, 1.165) is 17.2 Å². The molecule has 4 rings (SSSR count). The topological polar surface area (TPSA) is 70.2 Å². The lowest BCUT2D eigenvalue weighted by molar-refractivity contribution is -0.111. The van der Waals surface area contributed by atoms with Gasteiger partial charge in [0.15, 0.2) is 5.82 Å². The number of hydrogen-bond acceptors (Lipinski definition) is 5. The van der Waals surface area contributed by atoms with Crippen molar-refractivity contribution in [1.29, 1.82) is 0 Å². The Morgan fingerprint density at radius 3 is 2.61 bits per heavy atom. The second-order valence-corrected chi connectivity index (χ2v) is 8.85. The van der Waals surface area contributed by atoms with Crippen molar-refractivity contribution >= 4 is 45.6 Å².